The van der Waals surface area contributed by atoms with Crippen molar-refractivity contribution in [1.29, 1.82) is 0 Å². The fraction of sp³-hybridized carbons (Fsp3) is 0.250. The molecule has 0 aliphatic heterocycles. The fourth-order valence-electron chi connectivity index (χ4n) is 1.54. The summed E-state index contributed by atoms with van der Waals surface area (Å²) in [7, 11) is -3.23. The van der Waals surface area contributed by atoms with Crippen LogP contribution in [0, 0.1) is 6.92 Å². The Morgan fingerprint density at radius 2 is 1.95 bits per heavy atom. The highest BCUT2D eigenvalue weighted by molar-refractivity contribution is 7.91. The minimum Gasteiger partial charge on any atom is -0.319 e. The zero-order valence-electron chi connectivity index (χ0n) is 11.0. The standard InChI is InChI=1S/C12H14N4O3S/c1-3-20(18,19)10-6-4-9(5-7-10)14-12(17)11-13-8(2)15-16-11/h4-7H,3H2,1-2H3,(H,14,17)(H,13,15,16). The van der Waals surface area contributed by atoms with Gasteiger partial charge >= 0.3 is 0 Å². The van der Waals surface area contributed by atoms with Gasteiger partial charge in [-0.25, -0.2) is 13.4 Å². The second-order valence-corrected chi connectivity index (χ2v) is 6.40. The number of nitrogens with one attached hydrogen (secondary N) is 2. The van der Waals surface area contributed by atoms with E-state index in [0.717, 1.165) is 0 Å². The molecule has 7 nitrogen and oxygen atoms in total. The van der Waals surface area contributed by atoms with Crippen LogP contribution in [0.2, 0.25) is 0 Å². The van der Waals surface area contributed by atoms with Crippen LogP contribution in [0.5, 0.6) is 0 Å². The second kappa shape index (κ2) is 5.41. The molecule has 0 radical (unpaired) electrons. The number of anilines is 1. The third-order valence-corrected chi connectivity index (χ3v) is 4.40. The molecule has 0 fully saturated rings. The number of benzene rings is 1. The van der Waals surface area contributed by atoms with Crippen LogP contribution in [-0.2, 0) is 9.84 Å². The lowest BCUT2D eigenvalue weighted by molar-refractivity contribution is 0.101. The van der Waals surface area contributed by atoms with Gasteiger partial charge in [-0.15, -0.1) is 5.10 Å². The average molecular weight is 294 g/mol. The van der Waals surface area contributed by atoms with Crippen LogP contribution >= 0.6 is 0 Å². The van der Waals surface area contributed by atoms with Crippen molar-refractivity contribution in [2.75, 3.05) is 11.1 Å². The van der Waals surface area contributed by atoms with Gasteiger partial charge in [-0.05, 0) is 31.2 Å². The van der Waals surface area contributed by atoms with Crippen molar-refractivity contribution in [2.24, 2.45) is 0 Å². The Labute approximate surface area is 116 Å². The molecule has 2 aromatic rings. The predicted octanol–water partition coefficient (Wildman–Crippen LogP) is 1.16. The second-order valence-electron chi connectivity index (χ2n) is 4.13. The smallest absolute Gasteiger partial charge is 0.295 e. The van der Waals surface area contributed by atoms with Crippen LogP contribution in [0.25, 0.3) is 0 Å². The number of amides is 1. The van der Waals surface area contributed by atoms with E-state index in [-0.39, 0.29) is 16.5 Å². The largest absolute Gasteiger partial charge is 0.319 e. The summed E-state index contributed by atoms with van der Waals surface area (Å²) in [6.45, 7) is 3.27. The molecular weight excluding hydrogens is 280 g/mol. The van der Waals surface area contributed by atoms with Crippen LogP contribution in [0.3, 0.4) is 0 Å². The van der Waals surface area contributed by atoms with Gasteiger partial charge in [-0.3, -0.25) is 9.89 Å². The number of aromatic nitrogens is 3. The maximum Gasteiger partial charge on any atom is 0.295 e. The highest BCUT2D eigenvalue weighted by Crippen LogP contribution is 2.15. The Balaban J connectivity index is 2.14. The van der Waals surface area contributed by atoms with E-state index in [1.54, 1.807) is 13.8 Å². The van der Waals surface area contributed by atoms with Gasteiger partial charge in [-0.1, -0.05) is 6.92 Å². The van der Waals surface area contributed by atoms with E-state index in [9.17, 15) is 13.2 Å². The van der Waals surface area contributed by atoms with Crippen LogP contribution in [0.1, 0.15) is 23.4 Å². The van der Waals surface area contributed by atoms with Gasteiger partial charge in [0.25, 0.3) is 5.91 Å². The van der Waals surface area contributed by atoms with Gasteiger partial charge in [0.2, 0.25) is 5.82 Å². The Kier molecular flexibility index (Phi) is 3.84. The van der Waals surface area contributed by atoms with E-state index in [0.29, 0.717) is 11.5 Å². The number of H-pyrrole nitrogens is 1. The van der Waals surface area contributed by atoms with E-state index >= 15 is 0 Å². The lowest BCUT2D eigenvalue weighted by Gasteiger charge is -2.04. The van der Waals surface area contributed by atoms with Gasteiger partial charge < -0.3 is 5.32 Å². The zero-order valence-corrected chi connectivity index (χ0v) is 11.9. The Bertz CT molecular complexity index is 719. The molecule has 20 heavy (non-hydrogen) atoms. The molecule has 0 unspecified atom stereocenters. The zero-order chi connectivity index (χ0) is 14.8. The van der Waals surface area contributed by atoms with Gasteiger partial charge in [0.05, 0.1) is 10.6 Å². The summed E-state index contributed by atoms with van der Waals surface area (Å²) in [5.41, 5.74) is 0.479. The molecule has 2 rings (SSSR count). The maximum atomic E-state index is 11.8. The first-order chi connectivity index (χ1) is 9.42. The van der Waals surface area contributed by atoms with Crippen molar-refractivity contribution in [3.63, 3.8) is 0 Å². The molecule has 0 bridgehead atoms. The van der Waals surface area contributed by atoms with Gasteiger partial charge in [-0.2, -0.15) is 0 Å². The summed E-state index contributed by atoms with van der Waals surface area (Å²) >= 11 is 0. The molecule has 0 saturated carbocycles. The number of aryl methyl sites for hydroxylation is 1. The number of sulfone groups is 1. The lowest BCUT2D eigenvalue weighted by atomic mass is 10.3. The van der Waals surface area contributed by atoms with Crippen LogP contribution < -0.4 is 5.32 Å². The number of nitrogens with zero attached hydrogens (tertiary/aromatic N) is 2. The van der Waals surface area contributed by atoms with E-state index < -0.39 is 15.7 Å². The third kappa shape index (κ3) is 3.02. The van der Waals surface area contributed by atoms with Crippen molar-refractivity contribution < 1.29 is 13.2 Å². The summed E-state index contributed by atoms with van der Waals surface area (Å²) in [6, 6.07) is 5.97. The minimum absolute atomic E-state index is 0.0350. The van der Waals surface area contributed by atoms with Gasteiger partial charge in [0, 0.05) is 5.69 Å². The molecule has 1 amide bonds. The maximum absolute atomic E-state index is 11.8. The minimum atomic E-state index is -3.23. The summed E-state index contributed by atoms with van der Waals surface area (Å²) in [5, 5.41) is 8.90. The number of rotatable bonds is 4. The van der Waals surface area contributed by atoms with Crippen molar-refractivity contribution >= 4 is 21.4 Å². The molecule has 8 heteroatoms. The Morgan fingerprint density at radius 3 is 2.45 bits per heavy atom. The Morgan fingerprint density at radius 1 is 1.30 bits per heavy atom. The van der Waals surface area contributed by atoms with Crippen LogP contribution in [0.15, 0.2) is 29.2 Å². The number of carbonyl (C=O) groups excluding carboxylic acids is 1. The molecule has 0 saturated heterocycles. The molecule has 0 spiro atoms. The van der Waals surface area contributed by atoms with Crippen molar-refractivity contribution in [3.05, 3.63) is 35.9 Å². The summed E-state index contributed by atoms with van der Waals surface area (Å²) in [4.78, 5) is 15.9. The van der Waals surface area contributed by atoms with Crippen molar-refractivity contribution in [2.45, 2.75) is 18.7 Å². The normalized spacial score (nSPS) is 11.3. The number of hydrogen-bond donors (Lipinski definition) is 2. The molecule has 1 aromatic carbocycles. The van der Waals surface area contributed by atoms with Crippen LogP contribution in [-0.4, -0.2) is 35.3 Å². The number of aromatic amines is 1. The van der Waals surface area contributed by atoms with Crippen molar-refractivity contribution in [3.8, 4) is 0 Å². The number of hydrogen-bond acceptors (Lipinski definition) is 5. The van der Waals surface area contributed by atoms with Gasteiger partial charge in [0.1, 0.15) is 5.82 Å². The molecule has 0 aliphatic carbocycles. The van der Waals surface area contributed by atoms with E-state index in [1.165, 1.54) is 24.3 Å². The molecule has 2 N–H and O–H groups in total. The predicted molar refractivity (Wildman–Crippen MR) is 73.2 cm³/mol. The first-order valence-corrected chi connectivity index (χ1v) is 7.61. The van der Waals surface area contributed by atoms with Crippen LogP contribution in [0.4, 0.5) is 5.69 Å². The summed E-state index contributed by atoms with van der Waals surface area (Å²) in [5.74, 6) is 0.155. The first-order valence-electron chi connectivity index (χ1n) is 5.95. The topological polar surface area (TPSA) is 105 Å². The fourth-order valence-corrected chi connectivity index (χ4v) is 2.43. The van der Waals surface area contributed by atoms with Crippen molar-refractivity contribution in [1.82, 2.24) is 15.2 Å². The monoisotopic (exact) mass is 294 g/mol. The molecule has 1 heterocycles. The molecule has 0 atom stereocenters. The Hall–Kier alpha value is -2.22. The van der Waals surface area contributed by atoms with Gasteiger partial charge in [0.15, 0.2) is 9.84 Å². The van der Waals surface area contributed by atoms with E-state index in [4.69, 9.17) is 0 Å². The first kappa shape index (κ1) is 14.2. The molecular formula is C12H14N4O3S. The summed E-state index contributed by atoms with van der Waals surface area (Å²) < 4.78 is 23.3. The molecule has 0 aliphatic rings. The lowest BCUT2D eigenvalue weighted by Crippen LogP contribution is -2.14. The molecule has 106 valence electrons. The third-order valence-electron chi connectivity index (χ3n) is 2.65. The summed E-state index contributed by atoms with van der Waals surface area (Å²) in [6.07, 6.45) is 0. The quantitative estimate of drug-likeness (QED) is 0.880. The highest BCUT2D eigenvalue weighted by atomic mass is 32.2. The number of carbonyl (C=O) groups is 1. The van der Waals surface area contributed by atoms with E-state index in [1.807, 2.05) is 0 Å². The molecule has 1 aromatic heterocycles. The average Bonchev–Trinajstić information content (AvgIpc) is 2.86. The van der Waals surface area contributed by atoms with E-state index in [2.05, 4.69) is 20.5 Å². The SMILES string of the molecule is CCS(=O)(=O)c1ccc(NC(=O)c2n[nH]c(C)n2)cc1. The highest BCUT2D eigenvalue weighted by Gasteiger charge is 2.13.